The van der Waals surface area contributed by atoms with Gasteiger partial charge in [0.15, 0.2) is 5.79 Å². The second kappa shape index (κ2) is 4.04. The van der Waals surface area contributed by atoms with Crippen LogP contribution >= 0.6 is 0 Å². The van der Waals surface area contributed by atoms with E-state index >= 15 is 0 Å². The van der Waals surface area contributed by atoms with Gasteiger partial charge in [0.05, 0.1) is 13.2 Å². The Labute approximate surface area is 83.0 Å². The van der Waals surface area contributed by atoms with Crippen molar-refractivity contribution in [3.63, 3.8) is 0 Å². The molecule has 0 aromatic heterocycles. The minimum atomic E-state index is -0.493. The molecule has 4 heteroatoms. The first-order valence-electron chi connectivity index (χ1n) is 3.07. The number of ether oxygens (including phenoxy) is 2. The van der Waals surface area contributed by atoms with E-state index in [1.165, 1.54) is 0 Å². The van der Waals surface area contributed by atoms with Crippen molar-refractivity contribution in [1.29, 1.82) is 0 Å². The van der Waals surface area contributed by atoms with Crippen LogP contribution in [0.5, 0.6) is 0 Å². The molecule has 0 unspecified atom stereocenters. The van der Waals surface area contributed by atoms with Crippen LogP contribution in [0.15, 0.2) is 0 Å². The molecule has 1 aliphatic rings. The molecule has 1 atom stereocenters. The van der Waals surface area contributed by atoms with Crippen LogP contribution in [-0.2, 0) is 9.47 Å². The molecule has 0 amide bonds. The molecule has 1 fully saturated rings. The summed E-state index contributed by atoms with van der Waals surface area (Å²) in [6.07, 6.45) is -0.125. The third-order valence-corrected chi connectivity index (χ3v) is 1.27. The van der Waals surface area contributed by atoms with Crippen molar-refractivity contribution in [1.82, 2.24) is 0 Å². The Balaban J connectivity index is 0.000000810. The summed E-state index contributed by atoms with van der Waals surface area (Å²) >= 11 is 0. The summed E-state index contributed by atoms with van der Waals surface area (Å²) in [5.74, 6) is -0.493. The normalized spacial score (nSPS) is 29.7. The van der Waals surface area contributed by atoms with E-state index < -0.39 is 5.79 Å². The molecule has 0 saturated carbocycles. The van der Waals surface area contributed by atoms with E-state index in [1.807, 2.05) is 13.8 Å². The number of hydrogen-bond donors (Lipinski definition) is 1. The molecule has 0 bridgehead atoms. The van der Waals surface area contributed by atoms with Crippen LogP contribution in [0.25, 0.3) is 0 Å². The number of aliphatic hydroxyl groups excluding tert-OH is 1. The topological polar surface area (TPSA) is 38.7 Å². The van der Waals surface area contributed by atoms with E-state index in [0.717, 1.165) is 0 Å². The van der Waals surface area contributed by atoms with Crippen LogP contribution in [0.3, 0.4) is 0 Å². The molecule has 1 rings (SSSR count). The van der Waals surface area contributed by atoms with E-state index in [4.69, 9.17) is 14.6 Å². The van der Waals surface area contributed by atoms with Crippen LogP contribution in [0.4, 0.5) is 0 Å². The van der Waals surface area contributed by atoms with Gasteiger partial charge in [-0.25, -0.2) is 0 Å². The van der Waals surface area contributed by atoms with Gasteiger partial charge in [-0.3, -0.25) is 0 Å². The molecule has 1 saturated heterocycles. The van der Waals surface area contributed by atoms with Crippen LogP contribution in [-0.4, -0.2) is 59.8 Å². The van der Waals surface area contributed by atoms with Crippen molar-refractivity contribution in [3.8, 4) is 0 Å². The maximum absolute atomic E-state index is 8.59. The Morgan fingerprint density at radius 2 is 2.20 bits per heavy atom. The Hall–Kier alpha value is 0.880. The molecule has 0 aliphatic carbocycles. The van der Waals surface area contributed by atoms with Gasteiger partial charge in [-0.2, -0.15) is 0 Å². The second-order valence-electron chi connectivity index (χ2n) is 2.63. The minimum absolute atomic E-state index is 0. The maximum atomic E-state index is 8.59. The molecule has 1 heterocycles. The van der Waals surface area contributed by atoms with Gasteiger partial charge in [0.1, 0.15) is 6.10 Å². The summed E-state index contributed by atoms with van der Waals surface area (Å²) in [7, 11) is 0. The summed E-state index contributed by atoms with van der Waals surface area (Å²) in [4.78, 5) is 0. The molecule has 0 radical (unpaired) electrons. The van der Waals surface area contributed by atoms with E-state index in [2.05, 4.69) is 0 Å². The van der Waals surface area contributed by atoms with Gasteiger partial charge in [-0.15, -0.1) is 0 Å². The van der Waals surface area contributed by atoms with Gasteiger partial charge in [-0.05, 0) is 13.8 Å². The Bertz CT molecular complexity index is 105. The standard InChI is InChI=1S/C6H12O3.Na.H/c1-6(2)8-4-5(3-7)9-6;;/h5,7H,3-4H2,1-2H3;;/t5-;;/m1../s1. The average molecular weight is 156 g/mol. The summed E-state index contributed by atoms with van der Waals surface area (Å²) in [5.41, 5.74) is 0. The molecule has 0 aromatic carbocycles. The third-order valence-electron chi connectivity index (χ3n) is 1.27. The van der Waals surface area contributed by atoms with Gasteiger partial charge >= 0.3 is 29.6 Å². The fraction of sp³-hybridized carbons (Fsp3) is 1.00. The van der Waals surface area contributed by atoms with Crippen molar-refractivity contribution in [3.05, 3.63) is 0 Å². The van der Waals surface area contributed by atoms with E-state index in [1.54, 1.807) is 0 Å². The monoisotopic (exact) mass is 156 g/mol. The van der Waals surface area contributed by atoms with Crippen molar-refractivity contribution >= 4 is 29.6 Å². The molecule has 0 aromatic rings. The quantitative estimate of drug-likeness (QED) is 0.519. The summed E-state index contributed by atoms with van der Waals surface area (Å²) in [5, 5.41) is 8.59. The predicted octanol–water partition coefficient (Wildman–Crippen LogP) is -0.518. The molecular weight excluding hydrogens is 143 g/mol. The SMILES string of the molecule is CC1(C)OC[C@@H](CO)O1.[NaH]. The third kappa shape index (κ3) is 2.86. The zero-order valence-corrected chi connectivity index (χ0v) is 5.76. The number of rotatable bonds is 1. The molecule has 3 nitrogen and oxygen atoms in total. The predicted molar refractivity (Wildman–Crippen MR) is 39.1 cm³/mol. The zero-order chi connectivity index (χ0) is 6.91. The van der Waals surface area contributed by atoms with Gasteiger partial charge in [0.2, 0.25) is 0 Å². The molecule has 1 aliphatic heterocycles. The average Bonchev–Trinajstić information content (AvgIpc) is 2.10. The first-order valence-corrected chi connectivity index (χ1v) is 3.07. The molecule has 1 N–H and O–H groups in total. The number of hydrogen-bond acceptors (Lipinski definition) is 3. The molecule has 0 spiro atoms. The van der Waals surface area contributed by atoms with Crippen LogP contribution in [0.1, 0.15) is 13.8 Å². The molecular formula is C6H13NaO3. The Kier molecular flexibility index (Phi) is 4.40. The van der Waals surface area contributed by atoms with Crippen molar-refractivity contribution < 1.29 is 14.6 Å². The first-order chi connectivity index (χ1) is 4.14. The van der Waals surface area contributed by atoms with Crippen molar-refractivity contribution in [2.24, 2.45) is 0 Å². The van der Waals surface area contributed by atoms with Crippen LogP contribution < -0.4 is 0 Å². The van der Waals surface area contributed by atoms with Crippen LogP contribution in [0.2, 0.25) is 0 Å². The van der Waals surface area contributed by atoms with Gasteiger partial charge < -0.3 is 14.6 Å². The van der Waals surface area contributed by atoms with E-state index in [0.29, 0.717) is 6.61 Å². The fourth-order valence-electron chi connectivity index (χ4n) is 0.853. The van der Waals surface area contributed by atoms with Gasteiger partial charge in [-0.1, -0.05) is 0 Å². The number of aliphatic hydroxyl groups is 1. The van der Waals surface area contributed by atoms with Gasteiger partial charge in [0, 0.05) is 0 Å². The van der Waals surface area contributed by atoms with Crippen molar-refractivity contribution in [2.75, 3.05) is 13.2 Å². The van der Waals surface area contributed by atoms with E-state index in [-0.39, 0.29) is 42.3 Å². The summed E-state index contributed by atoms with van der Waals surface area (Å²) in [6.45, 7) is 4.22. The first kappa shape index (κ1) is 10.9. The second-order valence-corrected chi connectivity index (χ2v) is 2.63. The van der Waals surface area contributed by atoms with E-state index in [9.17, 15) is 0 Å². The Morgan fingerprint density at radius 3 is 2.40 bits per heavy atom. The van der Waals surface area contributed by atoms with Gasteiger partial charge in [0.25, 0.3) is 0 Å². The zero-order valence-electron chi connectivity index (χ0n) is 5.76. The van der Waals surface area contributed by atoms with Crippen molar-refractivity contribution in [2.45, 2.75) is 25.7 Å². The molecule has 56 valence electrons. The van der Waals surface area contributed by atoms with Crippen LogP contribution in [0, 0.1) is 0 Å². The Morgan fingerprint density at radius 1 is 1.60 bits per heavy atom. The summed E-state index contributed by atoms with van der Waals surface area (Å²) in [6, 6.07) is 0. The summed E-state index contributed by atoms with van der Waals surface area (Å²) < 4.78 is 10.4. The molecule has 10 heavy (non-hydrogen) atoms. The fourth-order valence-corrected chi connectivity index (χ4v) is 0.853.